The Morgan fingerprint density at radius 3 is 2.06 bits per heavy atom. The molecule has 1 atom stereocenters. The van der Waals surface area contributed by atoms with Crippen molar-refractivity contribution in [1.82, 2.24) is 10.6 Å². The topological polar surface area (TPSA) is 93.7 Å². The normalized spacial score (nSPS) is 11.8. The zero-order chi connectivity index (χ0) is 22.7. The van der Waals surface area contributed by atoms with Crippen LogP contribution in [0.2, 0.25) is 0 Å². The van der Waals surface area contributed by atoms with Crippen LogP contribution in [-0.4, -0.2) is 29.6 Å². The molecule has 2 N–H and O–H groups in total. The summed E-state index contributed by atoms with van der Waals surface area (Å²) in [4.78, 5) is 37.0. The van der Waals surface area contributed by atoms with E-state index in [0.717, 1.165) is 11.1 Å². The summed E-state index contributed by atoms with van der Waals surface area (Å²) in [5.74, 6) is -0.836. The van der Waals surface area contributed by atoms with Gasteiger partial charge in [-0.15, -0.1) is 0 Å². The summed E-state index contributed by atoms with van der Waals surface area (Å²) < 4.78 is 10.5. The van der Waals surface area contributed by atoms with Gasteiger partial charge in [0.15, 0.2) is 0 Å². The Morgan fingerprint density at radius 1 is 0.903 bits per heavy atom. The van der Waals surface area contributed by atoms with Crippen molar-refractivity contribution in [2.75, 3.05) is 0 Å². The van der Waals surface area contributed by atoms with Crippen molar-refractivity contribution < 1.29 is 23.9 Å². The maximum absolute atomic E-state index is 12.7. The Kier molecular flexibility index (Phi) is 9.06. The van der Waals surface area contributed by atoms with Gasteiger partial charge in [0, 0.05) is 13.0 Å². The van der Waals surface area contributed by atoms with Gasteiger partial charge < -0.3 is 20.1 Å². The van der Waals surface area contributed by atoms with E-state index in [2.05, 4.69) is 10.6 Å². The first-order valence-corrected chi connectivity index (χ1v) is 10.2. The van der Waals surface area contributed by atoms with Crippen LogP contribution in [0.25, 0.3) is 0 Å². The second-order valence-electron chi connectivity index (χ2n) is 8.09. The number of hydrogen-bond donors (Lipinski definition) is 2. The number of rotatable bonds is 9. The molecule has 2 aromatic rings. The van der Waals surface area contributed by atoms with Crippen molar-refractivity contribution in [3.8, 4) is 0 Å². The predicted octanol–water partition coefficient (Wildman–Crippen LogP) is 3.72. The average molecular weight is 427 g/mol. The summed E-state index contributed by atoms with van der Waals surface area (Å²) in [6, 6.07) is 17.7. The highest BCUT2D eigenvalue weighted by atomic mass is 16.6. The van der Waals surface area contributed by atoms with E-state index in [4.69, 9.17) is 9.47 Å². The Bertz CT molecular complexity index is 847. The largest absolute Gasteiger partial charge is 0.460 e. The van der Waals surface area contributed by atoms with Gasteiger partial charge in [0.2, 0.25) is 5.91 Å². The summed E-state index contributed by atoms with van der Waals surface area (Å²) in [6.07, 6.45) is -0.650. The number of carbonyl (C=O) groups excluding carboxylic acids is 3. The third kappa shape index (κ3) is 9.80. The third-order valence-electron chi connectivity index (χ3n) is 4.19. The second-order valence-corrected chi connectivity index (χ2v) is 8.09. The van der Waals surface area contributed by atoms with Crippen molar-refractivity contribution in [2.45, 2.75) is 58.4 Å². The number of esters is 1. The van der Waals surface area contributed by atoms with Gasteiger partial charge in [-0.3, -0.25) is 9.59 Å². The summed E-state index contributed by atoms with van der Waals surface area (Å²) in [5, 5.41) is 5.35. The summed E-state index contributed by atoms with van der Waals surface area (Å²) in [6.45, 7) is 5.71. The maximum atomic E-state index is 12.7. The van der Waals surface area contributed by atoms with E-state index in [1.807, 2.05) is 60.7 Å². The lowest BCUT2D eigenvalue weighted by Crippen LogP contribution is -2.47. The number of amides is 2. The molecular formula is C24H30N2O5. The molecule has 0 saturated heterocycles. The monoisotopic (exact) mass is 426 g/mol. The van der Waals surface area contributed by atoms with Gasteiger partial charge in [-0.2, -0.15) is 0 Å². The predicted molar refractivity (Wildman–Crippen MR) is 117 cm³/mol. The number of ether oxygens (including phenoxy) is 2. The fourth-order valence-electron chi connectivity index (χ4n) is 2.74. The van der Waals surface area contributed by atoms with Gasteiger partial charge in [-0.25, -0.2) is 4.79 Å². The quantitative estimate of drug-likeness (QED) is 0.596. The Morgan fingerprint density at radius 2 is 1.48 bits per heavy atom. The van der Waals surface area contributed by atoms with Gasteiger partial charge in [-0.05, 0) is 38.3 Å². The lowest BCUT2D eigenvalue weighted by Gasteiger charge is -2.21. The molecule has 0 aromatic heterocycles. The van der Waals surface area contributed by atoms with Crippen LogP contribution in [0, 0.1) is 0 Å². The smallest absolute Gasteiger partial charge is 0.408 e. The molecule has 0 heterocycles. The van der Waals surface area contributed by atoms with E-state index in [-0.39, 0.29) is 19.4 Å². The summed E-state index contributed by atoms with van der Waals surface area (Å²) in [7, 11) is 0. The van der Waals surface area contributed by atoms with Gasteiger partial charge in [0.05, 0.1) is 0 Å². The molecule has 0 spiro atoms. The molecule has 0 aliphatic rings. The first-order chi connectivity index (χ1) is 14.7. The molecule has 2 amide bonds. The minimum absolute atomic E-state index is 0.0142. The van der Waals surface area contributed by atoms with Crippen LogP contribution in [0.15, 0.2) is 60.7 Å². The average Bonchev–Trinajstić information content (AvgIpc) is 2.73. The number of alkyl carbamates (subject to hydrolysis) is 1. The van der Waals surface area contributed by atoms with Crippen molar-refractivity contribution >= 4 is 18.0 Å². The molecule has 2 aromatic carbocycles. The number of carbonyl (C=O) groups is 3. The van der Waals surface area contributed by atoms with Gasteiger partial charge in [-0.1, -0.05) is 60.7 Å². The molecule has 0 bridgehead atoms. The number of hydrogen-bond acceptors (Lipinski definition) is 5. The zero-order valence-corrected chi connectivity index (χ0v) is 18.2. The zero-order valence-electron chi connectivity index (χ0n) is 18.2. The lowest BCUT2D eigenvalue weighted by molar-refractivity contribution is -0.155. The van der Waals surface area contributed by atoms with Gasteiger partial charge in [0.1, 0.15) is 18.2 Å². The van der Waals surface area contributed by atoms with Crippen molar-refractivity contribution in [3.05, 3.63) is 71.8 Å². The number of benzene rings is 2. The van der Waals surface area contributed by atoms with E-state index < -0.39 is 29.6 Å². The molecule has 2 rings (SSSR count). The molecule has 0 saturated carbocycles. The van der Waals surface area contributed by atoms with Gasteiger partial charge >= 0.3 is 12.1 Å². The summed E-state index contributed by atoms with van der Waals surface area (Å²) in [5.41, 5.74) is 1.13. The minimum Gasteiger partial charge on any atom is -0.460 e. The van der Waals surface area contributed by atoms with E-state index >= 15 is 0 Å². The Balaban J connectivity index is 1.93. The lowest BCUT2D eigenvalue weighted by atomic mass is 10.1. The van der Waals surface area contributed by atoms with Crippen LogP contribution in [0.5, 0.6) is 0 Å². The molecule has 7 heteroatoms. The first-order valence-electron chi connectivity index (χ1n) is 10.2. The number of nitrogens with one attached hydrogen (secondary N) is 2. The van der Waals surface area contributed by atoms with Crippen molar-refractivity contribution in [1.29, 1.82) is 0 Å². The van der Waals surface area contributed by atoms with Crippen LogP contribution >= 0.6 is 0 Å². The van der Waals surface area contributed by atoms with Crippen LogP contribution in [0.3, 0.4) is 0 Å². The Hall–Kier alpha value is -3.35. The highest BCUT2D eigenvalue weighted by Crippen LogP contribution is 2.11. The van der Waals surface area contributed by atoms with Gasteiger partial charge in [0.25, 0.3) is 0 Å². The maximum Gasteiger partial charge on any atom is 0.408 e. The molecule has 0 radical (unpaired) electrons. The summed E-state index contributed by atoms with van der Waals surface area (Å²) >= 11 is 0. The van der Waals surface area contributed by atoms with E-state index in [1.54, 1.807) is 20.8 Å². The highest BCUT2D eigenvalue weighted by Gasteiger charge is 2.24. The molecule has 0 fully saturated rings. The molecule has 7 nitrogen and oxygen atoms in total. The molecule has 0 aliphatic heterocycles. The van der Waals surface area contributed by atoms with E-state index in [1.165, 1.54) is 0 Å². The molecule has 0 unspecified atom stereocenters. The molecule has 0 aliphatic carbocycles. The van der Waals surface area contributed by atoms with Crippen LogP contribution < -0.4 is 10.6 Å². The minimum atomic E-state index is -0.931. The van der Waals surface area contributed by atoms with Crippen molar-refractivity contribution in [2.24, 2.45) is 0 Å². The molecule has 166 valence electrons. The third-order valence-corrected chi connectivity index (χ3v) is 4.19. The SMILES string of the molecule is CC(C)(C)OC(=O)CC[C@H](NC(=O)OCc1ccccc1)C(=O)NCc1ccccc1. The van der Waals surface area contributed by atoms with E-state index in [0.29, 0.717) is 6.54 Å². The standard InChI is InChI=1S/C24H30N2O5/c1-24(2,3)31-21(27)15-14-20(22(28)25-16-18-10-6-4-7-11-18)26-23(29)30-17-19-12-8-5-9-13-19/h4-13,20H,14-17H2,1-3H3,(H,25,28)(H,26,29)/t20-/m0/s1. The van der Waals surface area contributed by atoms with Crippen LogP contribution in [-0.2, 0) is 32.2 Å². The Labute approximate surface area is 183 Å². The fraction of sp³-hybridized carbons (Fsp3) is 0.375. The molecule has 31 heavy (non-hydrogen) atoms. The highest BCUT2D eigenvalue weighted by molar-refractivity contribution is 5.86. The van der Waals surface area contributed by atoms with Crippen molar-refractivity contribution in [3.63, 3.8) is 0 Å². The fourth-order valence-corrected chi connectivity index (χ4v) is 2.74. The van der Waals surface area contributed by atoms with E-state index in [9.17, 15) is 14.4 Å². The van der Waals surface area contributed by atoms with Crippen LogP contribution in [0.1, 0.15) is 44.7 Å². The molecular weight excluding hydrogens is 396 g/mol. The second kappa shape index (κ2) is 11.7. The first kappa shape index (κ1) is 23.9. The van der Waals surface area contributed by atoms with Crippen LogP contribution in [0.4, 0.5) is 4.79 Å².